The van der Waals surface area contributed by atoms with Crippen LogP contribution in [0.3, 0.4) is 0 Å². The molecule has 0 saturated carbocycles. The fourth-order valence-electron chi connectivity index (χ4n) is 4.04. The lowest BCUT2D eigenvalue weighted by molar-refractivity contribution is -1.00. The van der Waals surface area contributed by atoms with Gasteiger partial charge in [0.15, 0.2) is 0 Å². The summed E-state index contributed by atoms with van der Waals surface area (Å²) in [7, 11) is 2.25. The molecule has 1 aromatic carbocycles. The van der Waals surface area contributed by atoms with Gasteiger partial charge in [-0.3, -0.25) is 9.59 Å². The molecule has 0 radical (unpaired) electrons. The lowest BCUT2D eigenvalue weighted by atomic mass is 10.1. The van der Waals surface area contributed by atoms with E-state index in [2.05, 4.69) is 12.4 Å². The Bertz CT molecular complexity index is 638. The van der Waals surface area contributed by atoms with Gasteiger partial charge in [0, 0.05) is 25.9 Å². The molecule has 2 amide bonds. The van der Waals surface area contributed by atoms with Crippen molar-refractivity contribution in [3.05, 3.63) is 35.4 Å². The molecular formula is C21H34N4O2+2. The SMILES string of the molecule is Cc1ccc(CN2C(=O)CCC2C(=O)NCCC[NH+]2CC[NH+](C)CC2)cc1. The number of carbonyl (C=O) groups is 2. The van der Waals surface area contributed by atoms with Gasteiger partial charge in [-0.2, -0.15) is 0 Å². The molecule has 27 heavy (non-hydrogen) atoms. The summed E-state index contributed by atoms with van der Waals surface area (Å²) in [6.45, 7) is 9.30. The van der Waals surface area contributed by atoms with E-state index in [4.69, 9.17) is 0 Å². The molecule has 2 aliphatic heterocycles. The zero-order valence-corrected chi connectivity index (χ0v) is 16.7. The van der Waals surface area contributed by atoms with Gasteiger partial charge in [-0.05, 0) is 18.9 Å². The molecule has 0 aromatic heterocycles. The number of likely N-dealkylation sites (N-methyl/N-ethyl adjacent to an activating group) is 1. The molecule has 2 fully saturated rings. The van der Waals surface area contributed by atoms with Crippen LogP contribution < -0.4 is 15.1 Å². The molecule has 2 heterocycles. The molecule has 6 nitrogen and oxygen atoms in total. The second kappa shape index (κ2) is 9.33. The second-order valence-electron chi connectivity index (χ2n) is 8.16. The quantitative estimate of drug-likeness (QED) is 0.504. The molecule has 148 valence electrons. The van der Waals surface area contributed by atoms with Gasteiger partial charge in [-0.1, -0.05) is 29.8 Å². The van der Waals surface area contributed by atoms with Gasteiger partial charge in [0.25, 0.3) is 0 Å². The maximum atomic E-state index is 12.6. The maximum Gasteiger partial charge on any atom is 0.242 e. The van der Waals surface area contributed by atoms with Crippen LogP contribution in [-0.4, -0.2) is 69.1 Å². The Morgan fingerprint density at radius 2 is 1.89 bits per heavy atom. The van der Waals surface area contributed by atoms with Crippen LogP contribution in [0.15, 0.2) is 24.3 Å². The van der Waals surface area contributed by atoms with Crippen LogP contribution in [0.5, 0.6) is 0 Å². The zero-order valence-electron chi connectivity index (χ0n) is 16.7. The summed E-state index contributed by atoms with van der Waals surface area (Å²) in [4.78, 5) is 29.9. The largest absolute Gasteiger partial charge is 0.354 e. The van der Waals surface area contributed by atoms with Gasteiger partial charge >= 0.3 is 0 Å². The Morgan fingerprint density at radius 3 is 2.59 bits per heavy atom. The van der Waals surface area contributed by atoms with Crippen molar-refractivity contribution in [2.24, 2.45) is 0 Å². The van der Waals surface area contributed by atoms with E-state index in [1.165, 1.54) is 31.7 Å². The van der Waals surface area contributed by atoms with Gasteiger partial charge in [0.05, 0.1) is 13.6 Å². The first-order valence-electron chi connectivity index (χ1n) is 10.3. The number of hydrogen-bond acceptors (Lipinski definition) is 2. The predicted molar refractivity (Wildman–Crippen MR) is 105 cm³/mol. The van der Waals surface area contributed by atoms with Crippen LogP contribution in [0.1, 0.15) is 30.4 Å². The van der Waals surface area contributed by atoms with Gasteiger partial charge in [0.1, 0.15) is 32.2 Å². The monoisotopic (exact) mass is 374 g/mol. The zero-order chi connectivity index (χ0) is 19.2. The van der Waals surface area contributed by atoms with E-state index >= 15 is 0 Å². The highest BCUT2D eigenvalue weighted by molar-refractivity contribution is 5.90. The average Bonchev–Trinajstić information content (AvgIpc) is 3.02. The fraction of sp³-hybridized carbons (Fsp3) is 0.619. The van der Waals surface area contributed by atoms with Crippen molar-refractivity contribution in [1.29, 1.82) is 0 Å². The van der Waals surface area contributed by atoms with Gasteiger partial charge in [-0.15, -0.1) is 0 Å². The van der Waals surface area contributed by atoms with Crippen LogP contribution in [0, 0.1) is 6.92 Å². The Kier molecular flexibility index (Phi) is 6.85. The van der Waals surface area contributed by atoms with E-state index in [1.54, 1.807) is 14.7 Å². The van der Waals surface area contributed by atoms with Crippen molar-refractivity contribution in [3.8, 4) is 0 Å². The summed E-state index contributed by atoms with van der Waals surface area (Å²) in [5.74, 6) is 0.0888. The van der Waals surface area contributed by atoms with Crippen LogP contribution in [0.25, 0.3) is 0 Å². The van der Waals surface area contributed by atoms with Crippen LogP contribution >= 0.6 is 0 Å². The van der Waals surface area contributed by atoms with Gasteiger partial charge < -0.3 is 20.0 Å². The lowest BCUT2D eigenvalue weighted by Crippen LogP contribution is -3.27. The van der Waals surface area contributed by atoms with E-state index in [0.717, 1.165) is 18.5 Å². The highest BCUT2D eigenvalue weighted by atomic mass is 16.2. The summed E-state index contributed by atoms with van der Waals surface area (Å²) in [5.41, 5.74) is 2.28. The summed E-state index contributed by atoms with van der Waals surface area (Å²) in [6, 6.07) is 7.85. The highest BCUT2D eigenvalue weighted by Crippen LogP contribution is 2.21. The minimum atomic E-state index is -0.321. The molecule has 0 aliphatic carbocycles. The third-order valence-corrected chi connectivity index (χ3v) is 5.92. The maximum absolute atomic E-state index is 12.6. The summed E-state index contributed by atoms with van der Waals surface area (Å²) >= 11 is 0. The van der Waals surface area contributed by atoms with Crippen molar-refractivity contribution in [1.82, 2.24) is 10.2 Å². The number of quaternary nitrogens is 2. The van der Waals surface area contributed by atoms with Crippen LogP contribution in [0.4, 0.5) is 0 Å². The van der Waals surface area contributed by atoms with Crippen molar-refractivity contribution in [3.63, 3.8) is 0 Å². The molecule has 3 rings (SSSR count). The van der Waals surface area contributed by atoms with Crippen molar-refractivity contribution in [2.45, 2.75) is 38.8 Å². The number of likely N-dealkylation sites (tertiary alicyclic amines) is 1. The first-order valence-corrected chi connectivity index (χ1v) is 10.3. The van der Waals surface area contributed by atoms with E-state index in [-0.39, 0.29) is 17.9 Å². The molecule has 0 spiro atoms. The van der Waals surface area contributed by atoms with Crippen LogP contribution in [-0.2, 0) is 16.1 Å². The topological polar surface area (TPSA) is 58.3 Å². The molecule has 1 atom stereocenters. The normalized spacial score (nSPS) is 25.6. The molecule has 2 aliphatic rings. The van der Waals surface area contributed by atoms with E-state index < -0.39 is 0 Å². The summed E-state index contributed by atoms with van der Waals surface area (Å²) in [6.07, 6.45) is 2.10. The number of hydrogen-bond donors (Lipinski definition) is 3. The second-order valence-corrected chi connectivity index (χ2v) is 8.16. The number of carbonyl (C=O) groups excluding carboxylic acids is 2. The fourth-order valence-corrected chi connectivity index (χ4v) is 4.04. The third kappa shape index (κ3) is 5.53. The number of nitrogens with one attached hydrogen (secondary N) is 3. The molecule has 0 bridgehead atoms. The first-order chi connectivity index (χ1) is 13.0. The minimum Gasteiger partial charge on any atom is -0.354 e. The number of rotatable bonds is 7. The first kappa shape index (κ1) is 19.8. The molecule has 3 N–H and O–H groups in total. The molecule has 1 aromatic rings. The average molecular weight is 375 g/mol. The summed E-state index contributed by atoms with van der Waals surface area (Å²) in [5, 5.41) is 3.07. The van der Waals surface area contributed by atoms with Crippen molar-refractivity contribution in [2.75, 3.05) is 46.3 Å². The standard InChI is InChI=1S/C21H32N4O2/c1-17-4-6-18(7-5-17)16-25-19(8-9-20(25)26)21(27)22-10-3-11-24-14-12-23(2)13-15-24/h4-7,19H,3,8-16H2,1-2H3,(H,22,27)/p+2. The Balaban J connectivity index is 1.43. The van der Waals surface area contributed by atoms with E-state index in [9.17, 15) is 9.59 Å². The Hall–Kier alpha value is -1.92. The Labute approximate surface area is 162 Å². The minimum absolute atomic E-state index is 0.00536. The van der Waals surface area contributed by atoms with Gasteiger partial charge in [0.2, 0.25) is 11.8 Å². The smallest absolute Gasteiger partial charge is 0.242 e. The van der Waals surface area contributed by atoms with Gasteiger partial charge in [-0.25, -0.2) is 0 Å². The molecule has 2 saturated heterocycles. The van der Waals surface area contributed by atoms with E-state index in [0.29, 0.717) is 25.9 Å². The molecule has 6 heteroatoms. The highest BCUT2D eigenvalue weighted by Gasteiger charge is 2.35. The number of amides is 2. The van der Waals surface area contributed by atoms with E-state index in [1.807, 2.05) is 31.2 Å². The third-order valence-electron chi connectivity index (χ3n) is 5.92. The predicted octanol–water partition coefficient (Wildman–Crippen LogP) is -1.59. The number of aryl methyl sites for hydroxylation is 1. The van der Waals surface area contributed by atoms with Crippen molar-refractivity contribution < 1.29 is 19.4 Å². The lowest BCUT2D eigenvalue weighted by Gasteiger charge is -2.27. The molecular weight excluding hydrogens is 340 g/mol. The summed E-state index contributed by atoms with van der Waals surface area (Å²) < 4.78 is 0. The number of benzene rings is 1. The van der Waals surface area contributed by atoms with Crippen molar-refractivity contribution >= 4 is 11.8 Å². The molecule has 1 unspecified atom stereocenters. The van der Waals surface area contributed by atoms with Crippen LogP contribution in [0.2, 0.25) is 0 Å². The number of piperazine rings is 1. The Morgan fingerprint density at radius 1 is 1.19 bits per heavy atom. The number of nitrogens with zero attached hydrogens (tertiary/aromatic N) is 1.